The lowest BCUT2D eigenvalue weighted by Gasteiger charge is -2.31. The van der Waals surface area contributed by atoms with E-state index in [9.17, 15) is 22.4 Å². The molecule has 1 fully saturated rings. The van der Waals surface area contributed by atoms with E-state index in [1.165, 1.54) is 29.6 Å². The zero-order valence-corrected chi connectivity index (χ0v) is 22.4. The minimum absolute atomic E-state index is 0.101. The van der Waals surface area contributed by atoms with Crippen LogP contribution >= 0.6 is 0 Å². The van der Waals surface area contributed by atoms with Crippen LogP contribution in [-0.4, -0.2) is 56.5 Å². The lowest BCUT2D eigenvalue weighted by molar-refractivity contribution is -0.141. The van der Waals surface area contributed by atoms with Crippen molar-refractivity contribution < 1.29 is 31.8 Å². The molecule has 3 aliphatic rings. The third-order valence-electron chi connectivity index (χ3n) is 8.14. The van der Waals surface area contributed by atoms with Crippen LogP contribution in [0.3, 0.4) is 0 Å². The minimum Gasteiger partial charge on any atom is -0.493 e. The molecule has 0 radical (unpaired) electrons. The fraction of sp³-hybridized carbons (Fsp3) is 0.379. The summed E-state index contributed by atoms with van der Waals surface area (Å²) in [4.78, 5) is 28.4. The van der Waals surface area contributed by atoms with Gasteiger partial charge in [0.2, 0.25) is 5.95 Å². The molecule has 1 amide bonds. The number of anilines is 1. The number of imidazole rings is 1. The molecule has 1 aromatic carbocycles. The maximum absolute atomic E-state index is 14.8. The summed E-state index contributed by atoms with van der Waals surface area (Å²) >= 11 is 0. The second kappa shape index (κ2) is 10.2. The van der Waals surface area contributed by atoms with Gasteiger partial charge in [-0.3, -0.25) is 9.20 Å². The maximum Gasteiger partial charge on any atom is 0.433 e. The number of benzene rings is 1. The van der Waals surface area contributed by atoms with Gasteiger partial charge in [0.05, 0.1) is 24.4 Å². The zero-order chi connectivity index (χ0) is 29.0. The summed E-state index contributed by atoms with van der Waals surface area (Å²) in [6.07, 6.45) is 0.365. The molecule has 1 saturated heterocycles. The predicted molar refractivity (Wildman–Crippen MR) is 142 cm³/mol. The van der Waals surface area contributed by atoms with Crippen LogP contribution in [0.25, 0.3) is 16.6 Å². The molecule has 9 nitrogen and oxygen atoms in total. The Labute approximate surface area is 237 Å². The summed E-state index contributed by atoms with van der Waals surface area (Å²) in [5.74, 6) is 0.298. The lowest BCUT2D eigenvalue weighted by atomic mass is 9.97. The molecule has 42 heavy (non-hydrogen) atoms. The molecule has 0 aliphatic carbocycles. The number of nitrogens with zero attached hydrogens (tertiary/aromatic N) is 5. The number of carbonyl (C=O) groups excluding carboxylic acids is 1. The first kappa shape index (κ1) is 26.6. The van der Waals surface area contributed by atoms with Gasteiger partial charge in [-0.15, -0.1) is 0 Å². The smallest absolute Gasteiger partial charge is 0.433 e. The molecule has 3 aliphatic heterocycles. The van der Waals surface area contributed by atoms with E-state index in [2.05, 4.69) is 20.3 Å². The van der Waals surface area contributed by atoms with E-state index in [4.69, 9.17) is 9.47 Å². The molecule has 6 heterocycles. The van der Waals surface area contributed by atoms with E-state index in [1.54, 1.807) is 10.5 Å². The fourth-order valence-electron chi connectivity index (χ4n) is 5.99. The van der Waals surface area contributed by atoms with Crippen molar-refractivity contribution in [3.8, 4) is 16.9 Å². The van der Waals surface area contributed by atoms with Gasteiger partial charge in [-0.2, -0.15) is 13.2 Å². The fourth-order valence-corrected chi connectivity index (χ4v) is 5.99. The Balaban J connectivity index is 1.32. The van der Waals surface area contributed by atoms with Crippen molar-refractivity contribution in [2.24, 2.45) is 5.92 Å². The van der Waals surface area contributed by atoms with E-state index < -0.39 is 17.8 Å². The number of hydrogen-bond acceptors (Lipinski definition) is 7. The van der Waals surface area contributed by atoms with E-state index in [0.29, 0.717) is 66.7 Å². The molecule has 218 valence electrons. The Bertz CT molecular complexity index is 1700. The van der Waals surface area contributed by atoms with Gasteiger partial charge in [0.1, 0.15) is 23.6 Å². The molecular weight excluding hydrogens is 556 g/mol. The number of rotatable bonds is 5. The molecule has 13 heteroatoms. The second-order valence-corrected chi connectivity index (χ2v) is 10.7. The van der Waals surface area contributed by atoms with Crippen LogP contribution in [0.5, 0.6) is 5.75 Å². The van der Waals surface area contributed by atoms with Gasteiger partial charge in [-0.05, 0) is 37.0 Å². The number of aromatic nitrogens is 4. The number of carbonyl (C=O) groups is 1. The Kier molecular flexibility index (Phi) is 6.48. The Morgan fingerprint density at radius 1 is 1.05 bits per heavy atom. The van der Waals surface area contributed by atoms with Gasteiger partial charge in [-0.1, -0.05) is 6.07 Å². The molecule has 0 spiro atoms. The third-order valence-corrected chi connectivity index (χ3v) is 8.14. The summed E-state index contributed by atoms with van der Waals surface area (Å²) in [5.41, 5.74) is 1.76. The molecule has 0 bridgehead atoms. The van der Waals surface area contributed by atoms with Crippen LogP contribution in [0.1, 0.15) is 45.8 Å². The Hall–Kier alpha value is -4.26. The van der Waals surface area contributed by atoms with E-state index in [-0.39, 0.29) is 36.2 Å². The third kappa shape index (κ3) is 4.61. The standard InChI is InChI=1S/C29H26F4N6O3/c30-21-2-3-23-18(7-10-42-23)19(21)11-34-28-35-12-20-17-1-4-24(29(31,32)33)37-22(17)14-38(13-16-5-8-41-9-6-16)27(40)25-26(20)39(28)15-36-25/h1-4,12,15-16H,5-11,13-14H2,(H,34,35). The van der Waals surface area contributed by atoms with Gasteiger partial charge >= 0.3 is 6.18 Å². The van der Waals surface area contributed by atoms with E-state index in [0.717, 1.165) is 24.5 Å². The monoisotopic (exact) mass is 582 g/mol. The molecule has 0 saturated carbocycles. The first-order chi connectivity index (χ1) is 20.3. The van der Waals surface area contributed by atoms with Crippen molar-refractivity contribution in [1.29, 1.82) is 0 Å². The average Bonchev–Trinajstić information content (AvgIpc) is 3.64. The predicted octanol–water partition coefficient (Wildman–Crippen LogP) is 4.88. The van der Waals surface area contributed by atoms with Gasteiger partial charge < -0.3 is 19.7 Å². The number of halogens is 4. The van der Waals surface area contributed by atoms with E-state index >= 15 is 0 Å². The van der Waals surface area contributed by atoms with Gasteiger partial charge in [0.15, 0.2) is 5.69 Å². The molecule has 1 N–H and O–H groups in total. The molecule has 0 unspecified atom stereocenters. The van der Waals surface area contributed by atoms with Crippen LogP contribution < -0.4 is 10.1 Å². The van der Waals surface area contributed by atoms with E-state index in [1.807, 2.05) is 0 Å². The van der Waals surface area contributed by atoms with Crippen LogP contribution in [0.2, 0.25) is 0 Å². The van der Waals surface area contributed by atoms with Gasteiger partial charge in [-0.25, -0.2) is 19.3 Å². The number of amides is 1. The summed E-state index contributed by atoms with van der Waals surface area (Å²) in [6, 6.07) is 5.28. The number of ether oxygens (including phenoxy) is 2. The molecular formula is C29H26F4N6O3. The Morgan fingerprint density at radius 3 is 2.69 bits per heavy atom. The summed E-state index contributed by atoms with van der Waals surface area (Å²) in [5, 5.41) is 3.16. The number of hydrogen-bond donors (Lipinski definition) is 1. The number of fused-ring (bicyclic) bond motifs is 3. The molecule has 7 rings (SSSR count). The first-order valence-corrected chi connectivity index (χ1v) is 13.8. The minimum atomic E-state index is -4.64. The molecule has 3 aromatic heterocycles. The van der Waals surface area contributed by atoms with Gasteiger partial charge in [0.25, 0.3) is 5.91 Å². The maximum atomic E-state index is 14.8. The molecule has 0 atom stereocenters. The number of alkyl halides is 3. The highest BCUT2D eigenvalue weighted by Crippen LogP contribution is 2.37. The summed E-state index contributed by atoms with van der Waals surface area (Å²) in [7, 11) is 0. The van der Waals surface area contributed by atoms with Crippen LogP contribution in [0, 0.1) is 11.7 Å². The van der Waals surface area contributed by atoms with Crippen molar-refractivity contribution in [2.45, 2.75) is 38.5 Å². The number of pyridine rings is 1. The highest BCUT2D eigenvalue weighted by Gasteiger charge is 2.36. The van der Waals surface area contributed by atoms with Crippen molar-refractivity contribution in [2.75, 3.05) is 31.7 Å². The van der Waals surface area contributed by atoms with Crippen molar-refractivity contribution in [1.82, 2.24) is 24.3 Å². The highest BCUT2D eigenvalue weighted by molar-refractivity contribution is 6.04. The van der Waals surface area contributed by atoms with Crippen LogP contribution in [-0.2, 0) is 30.4 Å². The SMILES string of the molecule is O=C1c2ncn3c(NCc4c(F)ccc5c4CCO5)ncc(c23)-c2ccc(C(F)(F)F)nc2CN1CC1CCOCC1. The van der Waals surface area contributed by atoms with Crippen LogP contribution in [0.4, 0.5) is 23.5 Å². The van der Waals surface area contributed by atoms with Crippen molar-refractivity contribution in [3.63, 3.8) is 0 Å². The second-order valence-electron chi connectivity index (χ2n) is 10.7. The normalized spacial score (nSPS) is 17.0. The lowest BCUT2D eigenvalue weighted by Crippen LogP contribution is -2.38. The number of nitrogens with one attached hydrogen (secondary N) is 1. The average molecular weight is 583 g/mol. The zero-order valence-electron chi connectivity index (χ0n) is 22.4. The quantitative estimate of drug-likeness (QED) is 0.336. The Morgan fingerprint density at radius 2 is 1.88 bits per heavy atom. The first-order valence-electron chi connectivity index (χ1n) is 13.8. The molecule has 4 aromatic rings. The van der Waals surface area contributed by atoms with Crippen molar-refractivity contribution in [3.05, 3.63) is 70.8 Å². The largest absolute Gasteiger partial charge is 0.493 e. The van der Waals surface area contributed by atoms with Gasteiger partial charge in [0, 0.05) is 61.2 Å². The summed E-state index contributed by atoms with van der Waals surface area (Å²) < 4.78 is 68.4. The van der Waals surface area contributed by atoms with Crippen LogP contribution in [0.15, 0.2) is 36.8 Å². The highest BCUT2D eigenvalue weighted by atomic mass is 19.4. The topological polar surface area (TPSA) is 93.9 Å². The summed E-state index contributed by atoms with van der Waals surface area (Å²) in [6.45, 7) is 1.94. The van der Waals surface area contributed by atoms with Crippen molar-refractivity contribution >= 4 is 17.4 Å².